The molecule has 0 aliphatic rings. The van der Waals surface area contributed by atoms with E-state index in [1.807, 2.05) is 0 Å². The number of aryl methyl sites for hydroxylation is 4. The average molecular weight is 918 g/mol. The Balaban J connectivity index is 0.000000413. The molecule has 0 aliphatic carbocycles. The fourth-order valence-corrected chi connectivity index (χ4v) is 8.72. The molecule has 5 aromatic carbocycles. The first-order chi connectivity index (χ1) is 30.9. The number of benzene rings is 5. The summed E-state index contributed by atoms with van der Waals surface area (Å²) in [4.78, 5) is 0. The van der Waals surface area contributed by atoms with Crippen LogP contribution < -0.4 is 5.19 Å². The van der Waals surface area contributed by atoms with Crippen molar-refractivity contribution in [1.82, 2.24) is 0 Å². The SMILES string of the molecule is CC(C)C(C)c1ccc([Si](C)(C)C)cc1.Cc1ccc(C(C)C(C)C)cc1.Cc1ccc(C(CO)C(C)C)cc1.Cc1ccc(C(CO)C(C)C)cc1.Cc1cccc(C(CO)C(C)C)c1. The first-order valence-electron chi connectivity index (χ1n) is 25.1. The Kier molecular flexibility index (Phi) is 27.9. The average Bonchev–Trinajstić information content (AvgIpc) is 3.26. The number of aliphatic hydroxyl groups excluding tert-OH is 3. The summed E-state index contributed by atoms with van der Waals surface area (Å²) < 4.78 is 0. The largest absolute Gasteiger partial charge is 0.396 e. The molecule has 0 fully saturated rings. The second-order valence-electron chi connectivity index (χ2n) is 21.7. The standard InChI is InChI=1S/C14H24Si.3C12H18O.C12H18/c1-11(2)12(3)13-7-9-14(10-8-13)15(4,5)6;2*1-9(2)12(8-13)11-6-4-10(3)5-7-11;1-9(2)12(8-13)11-6-4-5-10(3)7-11;1-9(2)11(4)12-7-5-10(3)6-8-12/h7-12H,1-6H3;3*4-7,9,12-13H,8H2,1-3H3;5-9,11H,1-4H3. The summed E-state index contributed by atoms with van der Waals surface area (Å²) in [6.45, 7) is 42.8. The van der Waals surface area contributed by atoms with E-state index >= 15 is 0 Å². The molecule has 3 nitrogen and oxygen atoms in total. The van der Waals surface area contributed by atoms with E-state index in [4.69, 9.17) is 0 Å². The minimum absolute atomic E-state index is 0.237. The van der Waals surface area contributed by atoms with Crippen molar-refractivity contribution in [3.05, 3.63) is 171 Å². The number of aliphatic hydroxyl groups is 3. The molecule has 4 heteroatoms. The molecule has 5 aromatic rings. The van der Waals surface area contributed by atoms with E-state index in [2.05, 4.69) is 252 Å². The van der Waals surface area contributed by atoms with Crippen LogP contribution in [0.2, 0.25) is 19.6 Å². The summed E-state index contributed by atoms with van der Waals surface area (Å²) in [5.74, 6) is 5.11. The normalized spacial score (nSPS) is 13.6. The second-order valence-corrected chi connectivity index (χ2v) is 26.8. The molecule has 0 saturated heterocycles. The third-order valence-corrected chi connectivity index (χ3v) is 15.5. The van der Waals surface area contributed by atoms with Crippen molar-refractivity contribution in [2.24, 2.45) is 29.6 Å². The lowest BCUT2D eigenvalue weighted by Crippen LogP contribution is -2.37. The molecule has 366 valence electrons. The smallest absolute Gasteiger partial charge is 0.0775 e. The molecule has 5 atom stereocenters. The predicted octanol–water partition coefficient (Wildman–Crippen LogP) is 15.9. The maximum atomic E-state index is 9.24. The number of hydrogen-bond acceptors (Lipinski definition) is 3. The Bertz CT molecular complexity index is 1930. The van der Waals surface area contributed by atoms with Crippen LogP contribution >= 0.6 is 0 Å². The van der Waals surface area contributed by atoms with Gasteiger partial charge in [-0.05, 0) is 96.9 Å². The van der Waals surface area contributed by atoms with Crippen molar-refractivity contribution >= 4 is 13.3 Å². The van der Waals surface area contributed by atoms with E-state index in [-0.39, 0.29) is 37.6 Å². The van der Waals surface area contributed by atoms with Gasteiger partial charge in [-0.1, -0.05) is 251 Å². The molecule has 0 radical (unpaired) electrons. The molecule has 66 heavy (non-hydrogen) atoms. The second kappa shape index (κ2) is 30.6. The Labute approximate surface area is 407 Å². The van der Waals surface area contributed by atoms with Crippen LogP contribution in [-0.2, 0) is 0 Å². The third-order valence-electron chi connectivity index (χ3n) is 13.4. The van der Waals surface area contributed by atoms with Gasteiger partial charge in [-0.3, -0.25) is 0 Å². The molecule has 3 N–H and O–H groups in total. The maximum absolute atomic E-state index is 9.24. The van der Waals surface area contributed by atoms with E-state index in [1.165, 1.54) is 50.1 Å². The number of rotatable bonds is 14. The first kappa shape index (κ1) is 60.2. The molecule has 0 aliphatic heterocycles. The summed E-state index contributed by atoms with van der Waals surface area (Å²) in [6, 6.07) is 43.4. The first-order valence-corrected chi connectivity index (χ1v) is 28.6. The van der Waals surface area contributed by atoms with E-state index in [1.54, 1.807) is 5.19 Å². The van der Waals surface area contributed by atoms with Gasteiger partial charge in [0.1, 0.15) is 0 Å². The van der Waals surface area contributed by atoms with Gasteiger partial charge >= 0.3 is 0 Å². The van der Waals surface area contributed by atoms with Crippen molar-refractivity contribution in [1.29, 1.82) is 0 Å². The van der Waals surface area contributed by atoms with Gasteiger partial charge in [0, 0.05) is 17.8 Å². The van der Waals surface area contributed by atoms with E-state index in [0.29, 0.717) is 29.6 Å². The Morgan fingerprint density at radius 1 is 0.333 bits per heavy atom. The van der Waals surface area contributed by atoms with Gasteiger partial charge in [0.05, 0.1) is 27.9 Å². The molecular weight excluding hydrogens is 821 g/mol. The van der Waals surface area contributed by atoms with Gasteiger partial charge in [-0.2, -0.15) is 0 Å². The van der Waals surface area contributed by atoms with Crippen LogP contribution in [0.3, 0.4) is 0 Å². The van der Waals surface area contributed by atoms with E-state index < -0.39 is 8.07 Å². The van der Waals surface area contributed by atoms with Crippen molar-refractivity contribution in [2.45, 2.75) is 160 Å². The zero-order valence-corrected chi connectivity index (χ0v) is 46.3. The Morgan fingerprint density at radius 2 is 0.621 bits per heavy atom. The highest BCUT2D eigenvalue weighted by atomic mass is 28.3. The minimum atomic E-state index is -1.12. The third kappa shape index (κ3) is 21.9. The van der Waals surface area contributed by atoms with Crippen LogP contribution in [0.5, 0.6) is 0 Å². The Morgan fingerprint density at radius 3 is 0.879 bits per heavy atom. The van der Waals surface area contributed by atoms with Gasteiger partial charge < -0.3 is 15.3 Å². The van der Waals surface area contributed by atoms with Crippen LogP contribution in [0.4, 0.5) is 0 Å². The summed E-state index contributed by atoms with van der Waals surface area (Å²) in [5, 5.41) is 29.2. The molecule has 5 rings (SSSR count). The fourth-order valence-electron chi connectivity index (χ4n) is 7.56. The van der Waals surface area contributed by atoms with Crippen molar-refractivity contribution < 1.29 is 15.3 Å². The van der Waals surface area contributed by atoms with Gasteiger partial charge in [0.25, 0.3) is 0 Å². The lowest BCUT2D eigenvalue weighted by atomic mass is 9.88. The molecule has 0 bridgehead atoms. The van der Waals surface area contributed by atoms with Crippen LogP contribution in [0.25, 0.3) is 0 Å². The number of hydrogen-bond donors (Lipinski definition) is 3. The van der Waals surface area contributed by atoms with Crippen LogP contribution in [0, 0.1) is 57.3 Å². The maximum Gasteiger partial charge on any atom is 0.0775 e. The molecule has 5 unspecified atom stereocenters. The molecule has 0 spiro atoms. The summed E-state index contributed by atoms with van der Waals surface area (Å²) in [5.41, 5.74) is 11.8. The van der Waals surface area contributed by atoms with Gasteiger partial charge in [-0.25, -0.2) is 0 Å². The highest BCUT2D eigenvalue weighted by Crippen LogP contribution is 2.27. The van der Waals surface area contributed by atoms with Crippen molar-refractivity contribution in [3.63, 3.8) is 0 Å². The van der Waals surface area contributed by atoms with Crippen LogP contribution in [0.1, 0.15) is 163 Å². The van der Waals surface area contributed by atoms with Crippen LogP contribution in [0.15, 0.2) is 121 Å². The van der Waals surface area contributed by atoms with E-state index in [9.17, 15) is 15.3 Å². The summed E-state index contributed by atoms with van der Waals surface area (Å²) >= 11 is 0. The van der Waals surface area contributed by atoms with Gasteiger partial charge in [-0.15, -0.1) is 0 Å². The lowest BCUT2D eigenvalue weighted by molar-refractivity contribution is 0.237. The quantitative estimate of drug-likeness (QED) is 0.0973. The topological polar surface area (TPSA) is 60.7 Å². The molecule has 0 heterocycles. The molecular formula is C62H96O3Si. The highest BCUT2D eigenvalue weighted by Gasteiger charge is 2.18. The van der Waals surface area contributed by atoms with Gasteiger partial charge in [0.2, 0.25) is 0 Å². The lowest BCUT2D eigenvalue weighted by Gasteiger charge is -2.20. The zero-order valence-electron chi connectivity index (χ0n) is 45.3. The zero-order chi connectivity index (χ0) is 50.3. The predicted molar refractivity (Wildman–Crippen MR) is 295 cm³/mol. The van der Waals surface area contributed by atoms with Crippen molar-refractivity contribution in [2.75, 3.05) is 19.8 Å². The monoisotopic (exact) mass is 917 g/mol. The minimum Gasteiger partial charge on any atom is -0.396 e. The van der Waals surface area contributed by atoms with E-state index in [0.717, 1.165) is 11.8 Å². The molecule has 0 saturated carbocycles. The van der Waals surface area contributed by atoms with Crippen LogP contribution in [-0.4, -0.2) is 43.2 Å². The Hall–Kier alpha value is -3.80. The molecule has 0 amide bonds. The highest BCUT2D eigenvalue weighted by molar-refractivity contribution is 6.88. The van der Waals surface area contributed by atoms with Gasteiger partial charge in [0.15, 0.2) is 0 Å². The summed E-state index contributed by atoms with van der Waals surface area (Å²) in [6.07, 6.45) is 0. The summed E-state index contributed by atoms with van der Waals surface area (Å²) in [7, 11) is -1.12. The molecule has 0 aromatic heterocycles. The van der Waals surface area contributed by atoms with Crippen molar-refractivity contribution in [3.8, 4) is 0 Å². The fraction of sp³-hybridized carbons (Fsp3) is 0.516.